The molecule has 0 aliphatic rings. The summed E-state index contributed by atoms with van der Waals surface area (Å²) in [6, 6.07) is 1.80. The van der Waals surface area contributed by atoms with Gasteiger partial charge in [0.25, 0.3) is 12.3 Å². The SMILES string of the molecule is CCCNc1cc(C)ncc1C(=O)NCCOCC(F)F. The quantitative estimate of drug-likeness (QED) is 0.687. The fourth-order valence-electron chi connectivity index (χ4n) is 1.65. The molecule has 21 heavy (non-hydrogen) atoms. The van der Waals surface area contributed by atoms with Crippen LogP contribution in [0.5, 0.6) is 0 Å². The third kappa shape index (κ3) is 6.48. The molecule has 0 aliphatic heterocycles. The maximum absolute atomic E-state index is 12.0. The van der Waals surface area contributed by atoms with E-state index in [2.05, 4.69) is 15.6 Å². The van der Waals surface area contributed by atoms with E-state index in [1.54, 1.807) is 6.07 Å². The average Bonchev–Trinajstić information content (AvgIpc) is 2.44. The van der Waals surface area contributed by atoms with E-state index in [9.17, 15) is 13.6 Å². The lowest BCUT2D eigenvalue weighted by molar-refractivity contribution is 0.0188. The first-order valence-corrected chi connectivity index (χ1v) is 6.89. The lowest BCUT2D eigenvalue weighted by Gasteiger charge is -2.12. The van der Waals surface area contributed by atoms with Crippen LogP contribution >= 0.6 is 0 Å². The monoisotopic (exact) mass is 301 g/mol. The largest absolute Gasteiger partial charge is 0.384 e. The van der Waals surface area contributed by atoms with E-state index in [0.717, 1.165) is 24.3 Å². The fraction of sp³-hybridized carbons (Fsp3) is 0.571. The molecule has 1 aromatic rings. The molecule has 0 saturated heterocycles. The van der Waals surface area contributed by atoms with E-state index < -0.39 is 13.0 Å². The Morgan fingerprint density at radius 2 is 2.19 bits per heavy atom. The molecular weight excluding hydrogens is 280 g/mol. The summed E-state index contributed by atoms with van der Waals surface area (Å²) in [6.45, 7) is 4.23. The van der Waals surface area contributed by atoms with Crippen LogP contribution in [-0.4, -0.2) is 43.6 Å². The minimum Gasteiger partial charge on any atom is -0.384 e. The summed E-state index contributed by atoms with van der Waals surface area (Å²) in [5, 5.41) is 5.79. The zero-order valence-electron chi connectivity index (χ0n) is 12.3. The Hall–Kier alpha value is -1.76. The minimum absolute atomic E-state index is 0.0487. The lowest BCUT2D eigenvalue weighted by atomic mass is 10.2. The Kier molecular flexibility index (Phi) is 7.60. The zero-order chi connectivity index (χ0) is 15.7. The molecule has 0 bridgehead atoms. The van der Waals surface area contributed by atoms with Gasteiger partial charge in [0.2, 0.25) is 0 Å². The molecular formula is C14H21F2N3O2. The van der Waals surface area contributed by atoms with Gasteiger partial charge in [0.1, 0.15) is 6.61 Å². The number of aromatic nitrogens is 1. The van der Waals surface area contributed by atoms with Crippen LogP contribution in [0.15, 0.2) is 12.3 Å². The number of carbonyl (C=O) groups is 1. The van der Waals surface area contributed by atoms with Crippen LogP contribution in [0.3, 0.4) is 0 Å². The van der Waals surface area contributed by atoms with E-state index in [1.807, 2.05) is 13.8 Å². The molecule has 0 unspecified atom stereocenters. The van der Waals surface area contributed by atoms with Crippen molar-refractivity contribution >= 4 is 11.6 Å². The van der Waals surface area contributed by atoms with Crippen molar-refractivity contribution < 1.29 is 18.3 Å². The fourth-order valence-corrected chi connectivity index (χ4v) is 1.65. The summed E-state index contributed by atoms with van der Waals surface area (Å²) in [5.74, 6) is -0.304. The van der Waals surface area contributed by atoms with Crippen LogP contribution in [0, 0.1) is 6.92 Å². The molecule has 0 aromatic carbocycles. The van der Waals surface area contributed by atoms with Crippen molar-refractivity contribution in [1.82, 2.24) is 10.3 Å². The van der Waals surface area contributed by atoms with Crippen molar-refractivity contribution in [2.75, 3.05) is 31.6 Å². The number of hydrogen-bond acceptors (Lipinski definition) is 4. The minimum atomic E-state index is -2.49. The number of pyridine rings is 1. The highest BCUT2D eigenvalue weighted by molar-refractivity contribution is 5.99. The van der Waals surface area contributed by atoms with Crippen molar-refractivity contribution in [3.63, 3.8) is 0 Å². The molecule has 1 heterocycles. The van der Waals surface area contributed by atoms with Crippen LogP contribution in [0.2, 0.25) is 0 Å². The van der Waals surface area contributed by atoms with Crippen molar-refractivity contribution in [3.8, 4) is 0 Å². The summed E-state index contributed by atoms with van der Waals surface area (Å²) >= 11 is 0. The number of nitrogens with zero attached hydrogens (tertiary/aromatic N) is 1. The Balaban J connectivity index is 2.52. The zero-order valence-corrected chi connectivity index (χ0v) is 12.3. The number of aryl methyl sites for hydroxylation is 1. The standard InChI is InChI=1S/C14H21F2N3O2/c1-3-4-17-12-7-10(2)19-8-11(12)14(20)18-5-6-21-9-13(15)16/h7-8,13H,3-6,9H2,1-2H3,(H,17,19)(H,18,20). The van der Waals surface area contributed by atoms with E-state index in [1.165, 1.54) is 6.20 Å². The molecule has 0 spiro atoms. The van der Waals surface area contributed by atoms with E-state index in [0.29, 0.717) is 5.56 Å². The molecule has 2 N–H and O–H groups in total. The average molecular weight is 301 g/mol. The highest BCUT2D eigenvalue weighted by Gasteiger charge is 2.12. The Morgan fingerprint density at radius 3 is 2.86 bits per heavy atom. The first kappa shape index (κ1) is 17.3. The normalized spacial score (nSPS) is 10.7. The molecule has 7 heteroatoms. The second-order valence-electron chi connectivity index (χ2n) is 4.52. The lowest BCUT2D eigenvalue weighted by Crippen LogP contribution is -2.28. The van der Waals surface area contributed by atoms with Crippen LogP contribution < -0.4 is 10.6 Å². The Morgan fingerprint density at radius 1 is 1.43 bits per heavy atom. The highest BCUT2D eigenvalue weighted by Crippen LogP contribution is 2.15. The number of rotatable bonds is 9. The molecule has 1 rings (SSSR count). The van der Waals surface area contributed by atoms with Crippen LogP contribution in [0.1, 0.15) is 29.4 Å². The topological polar surface area (TPSA) is 63.2 Å². The summed E-state index contributed by atoms with van der Waals surface area (Å²) in [7, 11) is 0. The van der Waals surface area contributed by atoms with Gasteiger partial charge in [0, 0.05) is 25.0 Å². The summed E-state index contributed by atoms with van der Waals surface area (Å²) < 4.78 is 28.4. The molecule has 0 radical (unpaired) electrons. The third-order valence-corrected chi connectivity index (χ3v) is 2.63. The highest BCUT2D eigenvalue weighted by atomic mass is 19.3. The Bertz CT molecular complexity index is 456. The van der Waals surface area contributed by atoms with Gasteiger partial charge in [0.05, 0.1) is 17.9 Å². The van der Waals surface area contributed by atoms with Crippen molar-refractivity contribution in [3.05, 3.63) is 23.5 Å². The number of ether oxygens (including phenoxy) is 1. The third-order valence-electron chi connectivity index (χ3n) is 2.63. The van der Waals surface area contributed by atoms with Gasteiger partial charge < -0.3 is 15.4 Å². The van der Waals surface area contributed by atoms with E-state index in [-0.39, 0.29) is 19.1 Å². The van der Waals surface area contributed by atoms with Crippen LogP contribution in [-0.2, 0) is 4.74 Å². The number of anilines is 1. The van der Waals surface area contributed by atoms with Crippen LogP contribution in [0.25, 0.3) is 0 Å². The van der Waals surface area contributed by atoms with Gasteiger partial charge in [-0.2, -0.15) is 0 Å². The number of alkyl halides is 2. The van der Waals surface area contributed by atoms with Crippen molar-refractivity contribution in [1.29, 1.82) is 0 Å². The number of amides is 1. The first-order chi connectivity index (χ1) is 10.0. The summed E-state index contributed by atoms with van der Waals surface area (Å²) in [4.78, 5) is 16.1. The molecule has 0 fully saturated rings. The van der Waals surface area contributed by atoms with Gasteiger partial charge in [-0.3, -0.25) is 9.78 Å². The number of halogens is 2. The molecule has 1 aromatic heterocycles. The van der Waals surface area contributed by atoms with Crippen molar-refractivity contribution in [2.24, 2.45) is 0 Å². The Labute approximate surface area is 123 Å². The molecule has 0 atom stereocenters. The van der Waals surface area contributed by atoms with Gasteiger partial charge in [-0.1, -0.05) is 6.92 Å². The van der Waals surface area contributed by atoms with Gasteiger partial charge in [0.15, 0.2) is 0 Å². The molecule has 0 aliphatic carbocycles. The summed E-state index contributed by atoms with van der Waals surface area (Å²) in [6.07, 6.45) is -0.0566. The number of nitrogens with one attached hydrogen (secondary N) is 2. The molecule has 1 amide bonds. The second kappa shape index (κ2) is 9.23. The summed E-state index contributed by atoms with van der Waals surface area (Å²) in [5.41, 5.74) is 1.96. The van der Waals surface area contributed by atoms with Gasteiger partial charge in [-0.05, 0) is 19.4 Å². The first-order valence-electron chi connectivity index (χ1n) is 6.89. The van der Waals surface area contributed by atoms with Crippen LogP contribution in [0.4, 0.5) is 14.5 Å². The van der Waals surface area contributed by atoms with Gasteiger partial charge in [-0.25, -0.2) is 8.78 Å². The van der Waals surface area contributed by atoms with E-state index >= 15 is 0 Å². The predicted octanol–water partition coefficient (Wildman–Crippen LogP) is 2.22. The van der Waals surface area contributed by atoms with Crippen molar-refractivity contribution in [2.45, 2.75) is 26.7 Å². The van der Waals surface area contributed by atoms with Gasteiger partial charge in [-0.15, -0.1) is 0 Å². The molecule has 0 saturated carbocycles. The maximum Gasteiger partial charge on any atom is 0.261 e. The maximum atomic E-state index is 12.0. The number of hydrogen-bond donors (Lipinski definition) is 2. The van der Waals surface area contributed by atoms with E-state index in [4.69, 9.17) is 4.74 Å². The number of carbonyl (C=O) groups excluding carboxylic acids is 1. The molecule has 5 nitrogen and oxygen atoms in total. The molecule has 118 valence electrons. The second-order valence-corrected chi connectivity index (χ2v) is 4.52. The smallest absolute Gasteiger partial charge is 0.261 e. The van der Waals surface area contributed by atoms with Gasteiger partial charge >= 0.3 is 0 Å². The predicted molar refractivity (Wildman–Crippen MR) is 76.9 cm³/mol.